The number of rotatable bonds is 7. The summed E-state index contributed by atoms with van der Waals surface area (Å²) in [5.74, 6) is -0.0521. The van der Waals surface area contributed by atoms with Crippen molar-refractivity contribution >= 4 is 23.3 Å². The van der Waals surface area contributed by atoms with Crippen LogP contribution in [0.15, 0.2) is 36.9 Å². The Labute approximate surface area is 118 Å². The van der Waals surface area contributed by atoms with Crippen LogP contribution in [-0.2, 0) is 4.79 Å². The van der Waals surface area contributed by atoms with Gasteiger partial charge in [-0.25, -0.2) is 4.79 Å². The molecule has 0 fully saturated rings. The van der Waals surface area contributed by atoms with Crippen molar-refractivity contribution in [1.29, 1.82) is 0 Å². The number of nitrogens with one attached hydrogen (secondary N) is 4. The summed E-state index contributed by atoms with van der Waals surface area (Å²) >= 11 is 0. The molecule has 0 radical (unpaired) electrons. The molecule has 0 unspecified atom stereocenters. The van der Waals surface area contributed by atoms with E-state index in [4.69, 9.17) is 0 Å². The number of benzene rings is 1. The van der Waals surface area contributed by atoms with Crippen LogP contribution < -0.4 is 21.3 Å². The van der Waals surface area contributed by atoms with E-state index in [-0.39, 0.29) is 11.9 Å². The lowest BCUT2D eigenvalue weighted by molar-refractivity contribution is -0.116. The van der Waals surface area contributed by atoms with Gasteiger partial charge in [0.2, 0.25) is 5.91 Å². The molecule has 1 aromatic carbocycles. The van der Waals surface area contributed by atoms with Crippen molar-refractivity contribution in [2.75, 3.05) is 30.8 Å². The van der Waals surface area contributed by atoms with E-state index in [2.05, 4.69) is 27.8 Å². The van der Waals surface area contributed by atoms with Gasteiger partial charge in [0, 0.05) is 30.9 Å². The van der Waals surface area contributed by atoms with E-state index < -0.39 is 0 Å². The molecule has 0 aromatic heterocycles. The minimum Gasteiger partial charge on any atom is -0.334 e. The maximum atomic E-state index is 11.5. The number of hydrogen-bond donors (Lipinski definition) is 4. The van der Waals surface area contributed by atoms with Crippen molar-refractivity contribution in [2.24, 2.45) is 0 Å². The Hall–Kier alpha value is -2.34. The van der Waals surface area contributed by atoms with Crippen LogP contribution in [0.1, 0.15) is 6.42 Å². The minimum absolute atomic E-state index is 0.0521. The third kappa shape index (κ3) is 6.01. The average molecular weight is 276 g/mol. The fraction of sp³-hybridized carbons (Fsp3) is 0.286. The standard InChI is InChI=1S/C14H20N4O2/c1-3-9-16-14(20)18-12-6-4-11(5-7-12)17-13(19)8-10-15-2/h3-7,15H,1,8-10H2,2H3,(H,17,19)(H2,16,18,20). The Bertz CT molecular complexity index is 457. The van der Waals surface area contributed by atoms with E-state index in [1.807, 2.05) is 0 Å². The van der Waals surface area contributed by atoms with Gasteiger partial charge in [0.15, 0.2) is 0 Å². The Kier molecular flexibility index (Phi) is 6.84. The predicted molar refractivity (Wildman–Crippen MR) is 80.8 cm³/mol. The number of amides is 3. The van der Waals surface area contributed by atoms with Crippen molar-refractivity contribution in [3.05, 3.63) is 36.9 Å². The van der Waals surface area contributed by atoms with E-state index in [0.717, 1.165) is 0 Å². The highest BCUT2D eigenvalue weighted by Crippen LogP contribution is 2.13. The van der Waals surface area contributed by atoms with Crippen molar-refractivity contribution in [3.8, 4) is 0 Å². The van der Waals surface area contributed by atoms with Crippen LogP contribution in [0, 0.1) is 0 Å². The molecule has 108 valence electrons. The maximum Gasteiger partial charge on any atom is 0.319 e. The van der Waals surface area contributed by atoms with Crippen LogP contribution in [0.5, 0.6) is 0 Å². The van der Waals surface area contributed by atoms with Crippen molar-refractivity contribution in [1.82, 2.24) is 10.6 Å². The molecule has 4 N–H and O–H groups in total. The fourth-order valence-corrected chi connectivity index (χ4v) is 1.44. The summed E-state index contributed by atoms with van der Waals surface area (Å²) < 4.78 is 0. The zero-order valence-corrected chi connectivity index (χ0v) is 11.5. The van der Waals surface area contributed by atoms with Gasteiger partial charge in [0.05, 0.1) is 0 Å². The zero-order chi connectivity index (χ0) is 14.8. The van der Waals surface area contributed by atoms with Gasteiger partial charge in [-0.3, -0.25) is 4.79 Å². The molecule has 0 heterocycles. The lowest BCUT2D eigenvalue weighted by Gasteiger charge is -2.08. The van der Waals surface area contributed by atoms with Crippen LogP contribution in [0.4, 0.5) is 16.2 Å². The second-order valence-electron chi connectivity index (χ2n) is 4.10. The lowest BCUT2D eigenvalue weighted by Crippen LogP contribution is -2.28. The second kappa shape index (κ2) is 8.71. The van der Waals surface area contributed by atoms with Crippen LogP contribution in [0.2, 0.25) is 0 Å². The van der Waals surface area contributed by atoms with Crippen LogP contribution in [0.3, 0.4) is 0 Å². The minimum atomic E-state index is -0.296. The van der Waals surface area contributed by atoms with E-state index in [9.17, 15) is 9.59 Å². The van der Waals surface area contributed by atoms with E-state index in [1.165, 1.54) is 0 Å². The summed E-state index contributed by atoms with van der Waals surface area (Å²) in [7, 11) is 1.80. The molecular weight excluding hydrogens is 256 g/mol. The third-order valence-electron chi connectivity index (χ3n) is 2.44. The van der Waals surface area contributed by atoms with Crippen molar-refractivity contribution in [2.45, 2.75) is 6.42 Å². The number of carbonyl (C=O) groups excluding carboxylic acids is 2. The molecule has 0 atom stereocenters. The first kappa shape index (κ1) is 15.7. The molecule has 20 heavy (non-hydrogen) atoms. The summed E-state index contributed by atoms with van der Waals surface area (Å²) in [5.41, 5.74) is 1.35. The molecule has 0 aliphatic carbocycles. The van der Waals surface area contributed by atoms with Crippen LogP contribution in [0.25, 0.3) is 0 Å². The molecular formula is C14H20N4O2. The average Bonchev–Trinajstić information content (AvgIpc) is 2.45. The molecule has 1 aromatic rings. The lowest BCUT2D eigenvalue weighted by atomic mass is 10.2. The number of hydrogen-bond acceptors (Lipinski definition) is 3. The summed E-state index contributed by atoms with van der Waals surface area (Å²) in [6, 6.07) is 6.62. The SMILES string of the molecule is C=CCNC(=O)Nc1ccc(NC(=O)CCNC)cc1. The van der Waals surface area contributed by atoms with Gasteiger partial charge in [0.1, 0.15) is 0 Å². The second-order valence-corrected chi connectivity index (χ2v) is 4.10. The van der Waals surface area contributed by atoms with Crippen LogP contribution in [-0.4, -0.2) is 32.1 Å². The van der Waals surface area contributed by atoms with E-state index in [0.29, 0.717) is 30.9 Å². The van der Waals surface area contributed by atoms with Gasteiger partial charge in [-0.2, -0.15) is 0 Å². The summed E-state index contributed by atoms with van der Waals surface area (Å²) in [6.45, 7) is 4.55. The Morgan fingerprint density at radius 2 is 1.75 bits per heavy atom. The normalized spacial score (nSPS) is 9.65. The monoisotopic (exact) mass is 276 g/mol. The molecule has 0 aliphatic rings. The Morgan fingerprint density at radius 1 is 1.15 bits per heavy atom. The highest BCUT2D eigenvalue weighted by molar-refractivity contribution is 5.92. The number of carbonyl (C=O) groups is 2. The van der Waals surface area contributed by atoms with E-state index in [1.54, 1.807) is 37.4 Å². The van der Waals surface area contributed by atoms with Gasteiger partial charge in [-0.05, 0) is 31.3 Å². The fourth-order valence-electron chi connectivity index (χ4n) is 1.44. The molecule has 0 saturated carbocycles. The largest absolute Gasteiger partial charge is 0.334 e. The van der Waals surface area contributed by atoms with Gasteiger partial charge >= 0.3 is 6.03 Å². The molecule has 6 heteroatoms. The first-order valence-electron chi connectivity index (χ1n) is 6.36. The molecule has 3 amide bonds. The number of anilines is 2. The summed E-state index contributed by atoms with van der Waals surface area (Å²) in [4.78, 5) is 22.9. The highest BCUT2D eigenvalue weighted by Gasteiger charge is 2.03. The van der Waals surface area contributed by atoms with Crippen LogP contribution >= 0.6 is 0 Å². The third-order valence-corrected chi connectivity index (χ3v) is 2.44. The topological polar surface area (TPSA) is 82.3 Å². The molecule has 0 spiro atoms. The molecule has 6 nitrogen and oxygen atoms in total. The zero-order valence-electron chi connectivity index (χ0n) is 11.5. The van der Waals surface area contributed by atoms with Gasteiger partial charge in [0.25, 0.3) is 0 Å². The summed E-state index contributed by atoms with van der Waals surface area (Å²) in [6.07, 6.45) is 2.02. The first-order valence-corrected chi connectivity index (χ1v) is 6.36. The highest BCUT2D eigenvalue weighted by atomic mass is 16.2. The quantitative estimate of drug-likeness (QED) is 0.570. The Balaban J connectivity index is 2.45. The van der Waals surface area contributed by atoms with Gasteiger partial charge < -0.3 is 21.3 Å². The Morgan fingerprint density at radius 3 is 2.30 bits per heavy atom. The molecule has 0 saturated heterocycles. The van der Waals surface area contributed by atoms with Gasteiger partial charge in [-0.1, -0.05) is 6.08 Å². The molecule has 1 rings (SSSR count). The maximum absolute atomic E-state index is 11.5. The van der Waals surface area contributed by atoms with E-state index >= 15 is 0 Å². The first-order chi connectivity index (χ1) is 9.65. The number of urea groups is 1. The molecule has 0 aliphatic heterocycles. The predicted octanol–water partition coefficient (Wildman–Crippen LogP) is 1.54. The van der Waals surface area contributed by atoms with Gasteiger partial charge in [-0.15, -0.1) is 6.58 Å². The van der Waals surface area contributed by atoms with Crippen molar-refractivity contribution in [3.63, 3.8) is 0 Å². The molecule has 0 bridgehead atoms. The summed E-state index contributed by atoms with van der Waals surface area (Å²) in [5, 5.41) is 11.0. The van der Waals surface area contributed by atoms with Crippen molar-refractivity contribution < 1.29 is 9.59 Å². The smallest absolute Gasteiger partial charge is 0.319 e.